The molecule has 2 N–H and O–H groups in total. The number of rotatable bonds is 6. The van der Waals surface area contributed by atoms with Gasteiger partial charge in [0.1, 0.15) is 5.01 Å². The molecule has 0 unspecified atom stereocenters. The molecule has 0 aliphatic rings. The lowest BCUT2D eigenvalue weighted by atomic mass is 10.1. The van der Waals surface area contributed by atoms with Crippen molar-refractivity contribution < 1.29 is 19.8 Å². The first-order valence-corrected chi connectivity index (χ1v) is 11.1. The van der Waals surface area contributed by atoms with E-state index in [9.17, 15) is 9.59 Å². The Labute approximate surface area is 201 Å². The molecule has 0 fully saturated rings. The average molecular weight is 500 g/mol. The minimum absolute atomic E-state index is 0.183. The van der Waals surface area contributed by atoms with E-state index in [0.29, 0.717) is 32.1 Å². The quantitative estimate of drug-likeness (QED) is 0.359. The van der Waals surface area contributed by atoms with Gasteiger partial charge >= 0.3 is 11.9 Å². The second-order valence-corrected chi connectivity index (χ2v) is 8.71. The summed E-state index contributed by atoms with van der Waals surface area (Å²) in [6.07, 6.45) is 0. The fourth-order valence-corrected chi connectivity index (χ4v) is 4.18. The molecule has 10 heteroatoms. The summed E-state index contributed by atoms with van der Waals surface area (Å²) in [5.74, 6) is -2.00. The van der Waals surface area contributed by atoms with Crippen LogP contribution in [-0.2, 0) is 6.54 Å². The van der Waals surface area contributed by atoms with Gasteiger partial charge in [-0.1, -0.05) is 58.8 Å². The van der Waals surface area contributed by atoms with Crippen molar-refractivity contribution in [1.29, 1.82) is 0 Å². The molecule has 7 nitrogen and oxygen atoms in total. The fourth-order valence-electron chi connectivity index (χ4n) is 2.96. The first-order chi connectivity index (χ1) is 15.8. The van der Waals surface area contributed by atoms with Gasteiger partial charge in [-0.15, -0.1) is 0 Å². The van der Waals surface area contributed by atoms with Gasteiger partial charge in [0.2, 0.25) is 4.80 Å². The first-order valence-electron chi connectivity index (χ1n) is 9.54. The van der Waals surface area contributed by atoms with Gasteiger partial charge in [-0.2, -0.15) is 5.10 Å². The highest BCUT2D eigenvalue weighted by atomic mass is 35.5. The van der Waals surface area contributed by atoms with Gasteiger partial charge in [-0.25, -0.2) is 19.3 Å². The topological polar surface area (TPSA) is 105 Å². The van der Waals surface area contributed by atoms with Crippen LogP contribution in [0.25, 0.3) is 10.6 Å². The van der Waals surface area contributed by atoms with Crippen LogP contribution in [0.4, 0.5) is 5.69 Å². The summed E-state index contributed by atoms with van der Waals surface area (Å²) in [6, 6.07) is 18.0. The molecule has 0 saturated heterocycles. The molecule has 0 saturated carbocycles. The molecular weight excluding hydrogens is 485 g/mol. The van der Waals surface area contributed by atoms with Gasteiger partial charge in [0.15, 0.2) is 0 Å². The first kappa shape index (κ1) is 22.7. The number of carboxylic acid groups (broad SMARTS) is 2. The van der Waals surface area contributed by atoms with Gasteiger partial charge in [-0.3, -0.25) is 0 Å². The molecule has 4 rings (SSSR count). The highest BCUT2D eigenvalue weighted by molar-refractivity contribution is 7.12. The molecule has 33 heavy (non-hydrogen) atoms. The van der Waals surface area contributed by atoms with E-state index in [2.05, 4.69) is 10.1 Å². The maximum atomic E-state index is 11.1. The van der Waals surface area contributed by atoms with Crippen LogP contribution < -0.4 is 4.80 Å². The number of halogens is 2. The Bertz CT molecular complexity index is 1410. The van der Waals surface area contributed by atoms with E-state index in [-0.39, 0.29) is 11.1 Å². The number of benzene rings is 3. The molecule has 0 radical (unpaired) electrons. The molecule has 0 amide bonds. The van der Waals surface area contributed by atoms with Crippen LogP contribution in [0.3, 0.4) is 0 Å². The summed E-state index contributed by atoms with van der Waals surface area (Å²) in [5.41, 5.74) is 2.56. The van der Waals surface area contributed by atoms with Crippen molar-refractivity contribution >= 4 is 52.2 Å². The molecule has 1 aromatic heterocycles. The molecule has 0 bridgehead atoms. The van der Waals surface area contributed by atoms with Crippen molar-refractivity contribution in [1.82, 2.24) is 9.78 Å². The van der Waals surface area contributed by atoms with Crippen molar-refractivity contribution in [3.63, 3.8) is 0 Å². The number of aromatic nitrogens is 2. The Morgan fingerprint density at radius 2 is 1.48 bits per heavy atom. The Morgan fingerprint density at radius 3 is 2.06 bits per heavy atom. The van der Waals surface area contributed by atoms with E-state index < -0.39 is 11.9 Å². The maximum Gasteiger partial charge on any atom is 0.335 e. The van der Waals surface area contributed by atoms with Crippen LogP contribution in [0.5, 0.6) is 0 Å². The molecule has 0 aliphatic carbocycles. The summed E-state index contributed by atoms with van der Waals surface area (Å²) < 4.78 is 1.70. The largest absolute Gasteiger partial charge is 0.478 e. The number of aromatic carboxylic acids is 2. The van der Waals surface area contributed by atoms with Crippen LogP contribution >= 0.6 is 34.5 Å². The number of carbonyl (C=O) groups is 2. The maximum absolute atomic E-state index is 11.1. The standard InChI is InChI=1S/C23H15Cl2N3O4S/c24-18-10-9-17(11-19(18)25)26-23-28(12-13-1-3-15(4-2-13)21(29)30)27-20(33-23)14-5-7-16(8-6-14)22(31)32/h1-11H,12H2,(H,29,30)(H,31,32). The predicted molar refractivity (Wildman–Crippen MR) is 127 cm³/mol. The molecule has 0 atom stereocenters. The van der Waals surface area contributed by atoms with Crippen molar-refractivity contribution in [3.8, 4) is 10.6 Å². The lowest BCUT2D eigenvalue weighted by Gasteiger charge is -2.03. The second-order valence-electron chi connectivity index (χ2n) is 6.94. The van der Waals surface area contributed by atoms with E-state index in [1.54, 1.807) is 47.1 Å². The van der Waals surface area contributed by atoms with Crippen LogP contribution in [-0.4, -0.2) is 31.9 Å². The van der Waals surface area contributed by atoms with E-state index in [0.717, 1.165) is 11.1 Å². The van der Waals surface area contributed by atoms with Gasteiger partial charge in [0, 0.05) is 5.56 Å². The monoisotopic (exact) mass is 499 g/mol. The third-order valence-electron chi connectivity index (χ3n) is 4.66. The normalized spacial score (nSPS) is 11.5. The molecule has 4 aromatic rings. The molecule has 0 aliphatic heterocycles. The van der Waals surface area contributed by atoms with Crippen molar-refractivity contribution in [3.05, 3.63) is 98.3 Å². The molecule has 166 valence electrons. The predicted octanol–water partition coefficient (Wildman–Crippen LogP) is 5.60. The smallest absolute Gasteiger partial charge is 0.335 e. The van der Waals surface area contributed by atoms with Crippen LogP contribution in [0.2, 0.25) is 10.0 Å². The third kappa shape index (κ3) is 5.31. The third-order valence-corrected chi connectivity index (χ3v) is 6.39. The summed E-state index contributed by atoms with van der Waals surface area (Å²) in [7, 11) is 0. The average Bonchev–Trinajstić information content (AvgIpc) is 3.19. The highest BCUT2D eigenvalue weighted by Gasteiger charge is 2.11. The Morgan fingerprint density at radius 1 is 0.879 bits per heavy atom. The van der Waals surface area contributed by atoms with Crippen LogP contribution in [0, 0.1) is 0 Å². The van der Waals surface area contributed by atoms with E-state index in [1.807, 2.05) is 0 Å². The van der Waals surface area contributed by atoms with Gasteiger partial charge in [0.05, 0.1) is 33.4 Å². The number of hydrogen-bond donors (Lipinski definition) is 2. The number of carboxylic acids is 2. The summed E-state index contributed by atoms with van der Waals surface area (Å²) in [6.45, 7) is 0.351. The van der Waals surface area contributed by atoms with Crippen molar-refractivity contribution in [2.75, 3.05) is 0 Å². The molecule has 3 aromatic carbocycles. The van der Waals surface area contributed by atoms with Crippen molar-refractivity contribution in [2.45, 2.75) is 6.54 Å². The van der Waals surface area contributed by atoms with Crippen LogP contribution in [0.1, 0.15) is 26.3 Å². The summed E-state index contributed by atoms with van der Waals surface area (Å²) >= 11 is 13.5. The van der Waals surface area contributed by atoms with Crippen LogP contribution in [0.15, 0.2) is 71.7 Å². The van der Waals surface area contributed by atoms with Crippen molar-refractivity contribution in [2.24, 2.45) is 4.99 Å². The van der Waals surface area contributed by atoms with E-state index >= 15 is 0 Å². The fraction of sp³-hybridized carbons (Fsp3) is 0.0435. The summed E-state index contributed by atoms with van der Waals surface area (Å²) in [4.78, 5) is 27.5. The van der Waals surface area contributed by atoms with E-state index in [4.69, 9.17) is 33.4 Å². The molecule has 0 spiro atoms. The Kier molecular flexibility index (Phi) is 6.60. The number of hydrogen-bond acceptors (Lipinski definition) is 5. The minimum Gasteiger partial charge on any atom is -0.478 e. The number of nitrogens with zero attached hydrogens (tertiary/aromatic N) is 3. The lowest BCUT2D eigenvalue weighted by molar-refractivity contribution is 0.0686. The SMILES string of the molecule is O=C(O)c1ccc(Cn2nc(-c3ccc(C(=O)O)cc3)sc2=Nc2ccc(Cl)c(Cl)c2)cc1. The molecule has 1 heterocycles. The van der Waals surface area contributed by atoms with Gasteiger partial charge < -0.3 is 10.2 Å². The second kappa shape index (κ2) is 9.58. The molecular formula is C23H15Cl2N3O4S. The minimum atomic E-state index is -1.00. The lowest BCUT2D eigenvalue weighted by Crippen LogP contribution is -2.17. The summed E-state index contributed by atoms with van der Waals surface area (Å²) in [5, 5.41) is 24.3. The zero-order valence-corrected chi connectivity index (χ0v) is 19.1. The van der Waals surface area contributed by atoms with Gasteiger partial charge in [-0.05, 0) is 48.0 Å². The Hall–Kier alpha value is -3.46. The zero-order valence-electron chi connectivity index (χ0n) is 16.8. The highest BCUT2D eigenvalue weighted by Crippen LogP contribution is 2.27. The zero-order chi connectivity index (χ0) is 23.5. The van der Waals surface area contributed by atoms with E-state index in [1.165, 1.54) is 35.6 Å². The van der Waals surface area contributed by atoms with Gasteiger partial charge in [0.25, 0.3) is 0 Å². The Balaban J connectivity index is 1.77.